The number of nitrogens with zero attached hydrogens (tertiary/aromatic N) is 6. The monoisotopic (exact) mass is 670 g/mol. The van der Waals surface area contributed by atoms with Crippen molar-refractivity contribution in [1.82, 2.24) is 29.3 Å². The smallest absolute Gasteiger partial charge is 0.359 e. The van der Waals surface area contributed by atoms with Crippen LogP contribution in [0, 0.1) is 20.8 Å². The van der Waals surface area contributed by atoms with E-state index in [4.69, 9.17) is 9.47 Å². The number of esters is 2. The summed E-state index contributed by atoms with van der Waals surface area (Å²) < 4.78 is 14.8. The molecule has 0 radical (unpaired) electrons. The van der Waals surface area contributed by atoms with Gasteiger partial charge in [0.25, 0.3) is 0 Å². The minimum absolute atomic E-state index is 0.0525. The van der Waals surface area contributed by atoms with Gasteiger partial charge >= 0.3 is 11.9 Å². The summed E-state index contributed by atoms with van der Waals surface area (Å²) in [7, 11) is 0. The molecular formula is C38H34N6O6. The van der Waals surface area contributed by atoms with Crippen LogP contribution in [0.3, 0.4) is 0 Å². The SMILES string of the molecule is CCOC(=O)c1nn(-c2ccc(C)cc2)cc1C(=O)c1nn(-c2ccccc2)c(C)c1C(=O)c1cn(-c2ccc(C)cc2)nc1C(=O)OCC. The van der Waals surface area contributed by atoms with Crippen LogP contribution in [-0.2, 0) is 9.47 Å². The number of aryl methyl sites for hydroxylation is 2. The zero-order valence-electron chi connectivity index (χ0n) is 28.2. The summed E-state index contributed by atoms with van der Waals surface area (Å²) in [5.41, 5.74) is 3.17. The van der Waals surface area contributed by atoms with Crippen molar-refractivity contribution in [3.05, 3.63) is 142 Å². The van der Waals surface area contributed by atoms with Crippen molar-refractivity contribution in [2.75, 3.05) is 13.2 Å². The minimum atomic E-state index is -0.808. The van der Waals surface area contributed by atoms with Crippen LogP contribution in [-0.4, -0.2) is 66.1 Å². The van der Waals surface area contributed by atoms with Gasteiger partial charge in [-0.2, -0.15) is 15.3 Å². The highest BCUT2D eigenvalue weighted by Gasteiger charge is 2.35. The number of ketones is 2. The van der Waals surface area contributed by atoms with Gasteiger partial charge in [0.05, 0.1) is 52.7 Å². The highest BCUT2D eigenvalue weighted by Crippen LogP contribution is 2.28. The summed E-state index contributed by atoms with van der Waals surface area (Å²) in [5.74, 6) is -3.03. The average Bonchev–Trinajstić information content (AvgIpc) is 3.85. The number of hydrogen-bond donors (Lipinski definition) is 0. The third kappa shape index (κ3) is 6.38. The second-order valence-corrected chi connectivity index (χ2v) is 11.5. The second kappa shape index (κ2) is 14.0. The lowest BCUT2D eigenvalue weighted by Gasteiger charge is -2.05. The van der Waals surface area contributed by atoms with Crippen LogP contribution in [0.5, 0.6) is 0 Å². The van der Waals surface area contributed by atoms with E-state index in [-0.39, 0.29) is 47.0 Å². The normalized spacial score (nSPS) is 11.0. The van der Waals surface area contributed by atoms with E-state index in [1.54, 1.807) is 57.2 Å². The zero-order chi connectivity index (χ0) is 35.5. The Balaban J connectivity index is 1.55. The molecule has 0 fully saturated rings. The molecule has 6 rings (SSSR count). The molecule has 252 valence electrons. The number of carbonyl (C=O) groups is 4. The van der Waals surface area contributed by atoms with Crippen LogP contribution in [0.4, 0.5) is 0 Å². The van der Waals surface area contributed by atoms with Crippen molar-refractivity contribution < 1.29 is 28.7 Å². The number of rotatable bonds is 11. The number of hydrogen-bond acceptors (Lipinski definition) is 9. The molecule has 0 atom stereocenters. The molecule has 12 nitrogen and oxygen atoms in total. The molecule has 6 aromatic rings. The van der Waals surface area contributed by atoms with E-state index in [2.05, 4.69) is 15.3 Å². The maximum absolute atomic E-state index is 14.7. The van der Waals surface area contributed by atoms with Gasteiger partial charge in [0.1, 0.15) is 5.69 Å². The van der Waals surface area contributed by atoms with Gasteiger partial charge in [-0.3, -0.25) is 9.59 Å². The first kappa shape index (κ1) is 33.5. The number of carbonyl (C=O) groups excluding carboxylic acids is 4. The van der Waals surface area contributed by atoms with Crippen LogP contribution in [0.25, 0.3) is 17.1 Å². The van der Waals surface area contributed by atoms with Crippen LogP contribution >= 0.6 is 0 Å². The van der Waals surface area contributed by atoms with E-state index >= 15 is 0 Å². The van der Waals surface area contributed by atoms with Gasteiger partial charge in [-0.15, -0.1) is 0 Å². The van der Waals surface area contributed by atoms with E-state index in [1.807, 2.05) is 56.3 Å². The third-order valence-corrected chi connectivity index (χ3v) is 8.01. The zero-order valence-corrected chi connectivity index (χ0v) is 28.2. The first-order valence-corrected chi connectivity index (χ1v) is 16.0. The first-order valence-electron chi connectivity index (χ1n) is 16.0. The second-order valence-electron chi connectivity index (χ2n) is 11.5. The Bertz CT molecular complexity index is 2230. The summed E-state index contributed by atoms with van der Waals surface area (Å²) in [4.78, 5) is 55.7. The standard InChI is InChI=1S/C38H34N6O6/c1-6-49-37(47)32-29(21-42(39-32)26-17-13-23(3)14-18-26)35(45)31-25(5)44(28-11-9-8-10-12-28)41-34(31)36(46)30-22-43(27-19-15-24(4)16-20-27)40-33(30)38(48)50-7-2/h8-22H,6-7H2,1-5H3. The molecule has 12 heteroatoms. The van der Waals surface area contributed by atoms with Crippen LogP contribution in [0.1, 0.15) is 83.6 Å². The summed E-state index contributed by atoms with van der Waals surface area (Å²) in [6, 6.07) is 23.7. The van der Waals surface area contributed by atoms with Gasteiger partial charge < -0.3 is 9.47 Å². The first-order chi connectivity index (χ1) is 24.1. The van der Waals surface area contributed by atoms with Gasteiger partial charge in [0, 0.05) is 12.4 Å². The minimum Gasteiger partial charge on any atom is -0.461 e. The predicted octanol–water partition coefficient (Wildman–Crippen LogP) is 5.98. The fourth-order valence-electron chi connectivity index (χ4n) is 5.46. The molecule has 3 heterocycles. The van der Waals surface area contributed by atoms with Crippen LogP contribution in [0.2, 0.25) is 0 Å². The van der Waals surface area contributed by atoms with Crippen molar-refractivity contribution in [3.63, 3.8) is 0 Å². The molecular weight excluding hydrogens is 636 g/mol. The number of ether oxygens (including phenoxy) is 2. The molecule has 0 bridgehead atoms. The average molecular weight is 671 g/mol. The highest BCUT2D eigenvalue weighted by molar-refractivity contribution is 6.22. The van der Waals surface area contributed by atoms with E-state index in [0.29, 0.717) is 22.8 Å². The van der Waals surface area contributed by atoms with Gasteiger partial charge in [0.2, 0.25) is 11.6 Å². The number of para-hydroxylation sites is 1. The fourth-order valence-corrected chi connectivity index (χ4v) is 5.46. The number of benzene rings is 3. The summed E-state index contributed by atoms with van der Waals surface area (Å²) in [5, 5.41) is 13.5. The van der Waals surface area contributed by atoms with Crippen molar-refractivity contribution in [2.24, 2.45) is 0 Å². The molecule has 0 amide bonds. The van der Waals surface area contributed by atoms with Crippen molar-refractivity contribution >= 4 is 23.5 Å². The van der Waals surface area contributed by atoms with Crippen LogP contribution in [0.15, 0.2) is 91.3 Å². The fraction of sp³-hybridized carbons (Fsp3) is 0.184. The molecule has 50 heavy (non-hydrogen) atoms. The molecule has 0 N–H and O–H groups in total. The molecule has 0 spiro atoms. The Morgan fingerprint density at radius 3 is 1.48 bits per heavy atom. The largest absolute Gasteiger partial charge is 0.461 e. The van der Waals surface area contributed by atoms with E-state index in [0.717, 1.165) is 11.1 Å². The Morgan fingerprint density at radius 2 is 1.02 bits per heavy atom. The Labute approximate surface area is 287 Å². The lowest BCUT2D eigenvalue weighted by Crippen LogP contribution is -2.16. The molecule has 0 saturated heterocycles. The maximum atomic E-state index is 14.7. The van der Waals surface area contributed by atoms with Crippen molar-refractivity contribution in [1.29, 1.82) is 0 Å². The molecule has 0 aliphatic carbocycles. The van der Waals surface area contributed by atoms with Gasteiger partial charge in [0.15, 0.2) is 11.4 Å². The summed E-state index contributed by atoms with van der Waals surface area (Å²) in [6.45, 7) is 8.94. The van der Waals surface area contributed by atoms with Gasteiger partial charge in [-0.25, -0.2) is 23.6 Å². The lowest BCUT2D eigenvalue weighted by atomic mass is 9.97. The topological polar surface area (TPSA) is 140 Å². The molecule has 0 aliphatic rings. The number of aromatic nitrogens is 6. The molecule has 3 aromatic heterocycles. The lowest BCUT2D eigenvalue weighted by molar-refractivity contribution is 0.0507. The van der Waals surface area contributed by atoms with E-state index < -0.39 is 23.5 Å². The Hall–Kier alpha value is -6.43. The Morgan fingerprint density at radius 1 is 0.560 bits per heavy atom. The van der Waals surface area contributed by atoms with E-state index in [1.165, 1.54) is 26.4 Å². The quantitative estimate of drug-likeness (QED) is 0.120. The maximum Gasteiger partial charge on any atom is 0.359 e. The Kier molecular flexibility index (Phi) is 9.35. The van der Waals surface area contributed by atoms with Crippen molar-refractivity contribution in [2.45, 2.75) is 34.6 Å². The van der Waals surface area contributed by atoms with E-state index in [9.17, 15) is 19.2 Å². The van der Waals surface area contributed by atoms with Crippen LogP contribution < -0.4 is 0 Å². The molecule has 0 aliphatic heterocycles. The predicted molar refractivity (Wildman–Crippen MR) is 184 cm³/mol. The molecule has 3 aromatic carbocycles. The van der Waals surface area contributed by atoms with Gasteiger partial charge in [-0.05, 0) is 71.0 Å². The highest BCUT2D eigenvalue weighted by atomic mass is 16.5. The van der Waals surface area contributed by atoms with Crippen molar-refractivity contribution in [3.8, 4) is 17.1 Å². The molecule has 0 saturated carbocycles. The summed E-state index contributed by atoms with van der Waals surface area (Å²) >= 11 is 0. The molecule has 0 unspecified atom stereocenters. The van der Waals surface area contributed by atoms with Gasteiger partial charge in [-0.1, -0.05) is 53.6 Å². The third-order valence-electron chi connectivity index (χ3n) is 8.01. The summed E-state index contributed by atoms with van der Waals surface area (Å²) in [6.07, 6.45) is 2.86.